The van der Waals surface area contributed by atoms with Crippen LogP contribution in [-0.4, -0.2) is 20.4 Å². The van der Waals surface area contributed by atoms with E-state index in [-0.39, 0.29) is 5.91 Å². The Bertz CT molecular complexity index is 1070. The lowest BCUT2D eigenvalue weighted by atomic mass is 10.2. The highest BCUT2D eigenvalue weighted by Gasteiger charge is 2.13. The van der Waals surface area contributed by atoms with Crippen LogP contribution in [0.1, 0.15) is 21.9 Å². The number of carbonyl (C=O) groups excluding carboxylic acids is 1. The first-order valence-electron chi connectivity index (χ1n) is 8.58. The Hall–Kier alpha value is -3.18. The van der Waals surface area contributed by atoms with E-state index in [0.717, 1.165) is 22.4 Å². The number of aromatic nitrogens is 3. The van der Waals surface area contributed by atoms with Crippen LogP contribution in [0.25, 0.3) is 11.0 Å². The summed E-state index contributed by atoms with van der Waals surface area (Å²) in [5, 5.41) is 3.61. The first-order valence-corrected chi connectivity index (χ1v) is 8.96. The number of hydrogen-bond acceptors (Lipinski definition) is 3. The van der Waals surface area contributed by atoms with Crippen molar-refractivity contribution in [2.45, 2.75) is 13.1 Å². The van der Waals surface area contributed by atoms with Crippen molar-refractivity contribution in [2.75, 3.05) is 0 Å². The lowest BCUT2D eigenvalue weighted by Gasteiger charge is -2.10. The molecule has 0 atom stereocenters. The van der Waals surface area contributed by atoms with Crippen LogP contribution < -0.4 is 5.32 Å². The van der Waals surface area contributed by atoms with Crippen molar-refractivity contribution < 1.29 is 4.79 Å². The van der Waals surface area contributed by atoms with E-state index in [1.54, 1.807) is 24.4 Å². The molecule has 0 radical (unpaired) electrons. The lowest BCUT2D eigenvalue weighted by molar-refractivity contribution is 0.0944. The van der Waals surface area contributed by atoms with E-state index in [0.29, 0.717) is 23.8 Å². The largest absolute Gasteiger partial charge is 0.343 e. The number of rotatable bonds is 5. The summed E-state index contributed by atoms with van der Waals surface area (Å²) in [6, 6.07) is 20.9. The number of nitrogens with one attached hydrogen (secondary N) is 1. The summed E-state index contributed by atoms with van der Waals surface area (Å²) in [5.41, 5.74) is 3.42. The van der Waals surface area contributed by atoms with Gasteiger partial charge in [-0.15, -0.1) is 0 Å². The van der Waals surface area contributed by atoms with E-state index >= 15 is 0 Å². The normalized spacial score (nSPS) is 10.9. The molecule has 0 fully saturated rings. The quantitative estimate of drug-likeness (QED) is 0.571. The molecule has 0 aliphatic carbocycles. The number of imidazole rings is 1. The number of para-hydroxylation sites is 2. The number of benzene rings is 2. The van der Waals surface area contributed by atoms with Gasteiger partial charge in [0.15, 0.2) is 0 Å². The van der Waals surface area contributed by atoms with E-state index in [2.05, 4.69) is 14.9 Å². The van der Waals surface area contributed by atoms with Crippen LogP contribution in [0, 0.1) is 0 Å². The van der Waals surface area contributed by atoms with Gasteiger partial charge < -0.3 is 9.88 Å². The van der Waals surface area contributed by atoms with E-state index in [9.17, 15) is 4.79 Å². The van der Waals surface area contributed by atoms with Gasteiger partial charge >= 0.3 is 0 Å². The second kappa shape index (κ2) is 7.60. The van der Waals surface area contributed by atoms with Crippen LogP contribution >= 0.6 is 11.6 Å². The summed E-state index contributed by atoms with van der Waals surface area (Å²) in [7, 11) is 0. The third kappa shape index (κ3) is 3.83. The van der Waals surface area contributed by atoms with Crippen LogP contribution in [0.5, 0.6) is 0 Å². The number of hydrogen-bond donors (Lipinski definition) is 1. The summed E-state index contributed by atoms with van der Waals surface area (Å²) >= 11 is 5.99. The predicted octanol–water partition coefficient (Wildman–Crippen LogP) is 4.06. The molecular weight excluding hydrogens is 360 g/mol. The second-order valence-corrected chi connectivity index (χ2v) is 6.56. The molecule has 1 N–H and O–H groups in total. The molecule has 0 saturated heterocycles. The van der Waals surface area contributed by atoms with Gasteiger partial charge in [-0.2, -0.15) is 0 Å². The SMILES string of the molecule is O=C(NCc1nc2ccccc2n1Cc1ccc(Cl)cc1)c1ccccn1. The molecule has 4 aromatic rings. The number of fused-ring (bicyclic) bond motifs is 1. The topological polar surface area (TPSA) is 59.8 Å². The standard InChI is InChI=1S/C21H17ClN4O/c22-16-10-8-15(9-11-16)14-26-19-7-2-1-5-17(19)25-20(26)13-24-21(27)18-6-3-4-12-23-18/h1-12H,13-14H2,(H,24,27). The first-order chi connectivity index (χ1) is 13.2. The Morgan fingerprint density at radius 3 is 2.56 bits per heavy atom. The van der Waals surface area contributed by atoms with Crippen molar-refractivity contribution in [3.8, 4) is 0 Å². The molecule has 2 aromatic carbocycles. The molecule has 1 amide bonds. The second-order valence-electron chi connectivity index (χ2n) is 6.13. The van der Waals surface area contributed by atoms with Crippen molar-refractivity contribution in [3.63, 3.8) is 0 Å². The Morgan fingerprint density at radius 1 is 1.00 bits per heavy atom. The van der Waals surface area contributed by atoms with Crippen molar-refractivity contribution in [3.05, 3.63) is 95.0 Å². The Kier molecular flexibility index (Phi) is 4.85. The van der Waals surface area contributed by atoms with E-state index in [4.69, 9.17) is 16.6 Å². The van der Waals surface area contributed by atoms with Crippen LogP contribution in [0.15, 0.2) is 72.9 Å². The third-order valence-corrected chi connectivity index (χ3v) is 4.54. The van der Waals surface area contributed by atoms with Gasteiger partial charge in [0, 0.05) is 17.8 Å². The van der Waals surface area contributed by atoms with Gasteiger partial charge in [0.25, 0.3) is 5.91 Å². The van der Waals surface area contributed by atoms with Gasteiger partial charge in [-0.1, -0.05) is 41.9 Å². The van der Waals surface area contributed by atoms with Crippen LogP contribution in [-0.2, 0) is 13.1 Å². The molecule has 0 saturated carbocycles. The monoisotopic (exact) mass is 376 g/mol. The van der Waals surface area contributed by atoms with Gasteiger partial charge in [0.2, 0.25) is 0 Å². The molecule has 0 bridgehead atoms. The average Bonchev–Trinajstić information content (AvgIpc) is 3.06. The van der Waals surface area contributed by atoms with Gasteiger partial charge in [-0.25, -0.2) is 4.98 Å². The highest BCUT2D eigenvalue weighted by Crippen LogP contribution is 2.19. The van der Waals surface area contributed by atoms with Crippen LogP contribution in [0.3, 0.4) is 0 Å². The predicted molar refractivity (Wildman–Crippen MR) is 106 cm³/mol. The zero-order valence-electron chi connectivity index (χ0n) is 14.5. The highest BCUT2D eigenvalue weighted by atomic mass is 35.5. The molecule has 6 heteroatoms. The summed E-state index contributed by atoms with van der Waals surface area (Å²) in [5.74, 6) is 0.566. The fourth-order valence-corrected chi connectivity index (χ4v) is 3.08. The van der Waals surface area contributed by atoms with Crippen molar-refractivity contribution in [2.24, 2.45) is 0 Å². The average molecular weight is 377 g/mol. The summed E-state index contributed by atoms with van der Waals surface area (Å²) in [4.78, 5) is 21.1. The number of carbonyl (C=O) groups is 1. The molecule has 0 unspecified atom stereocenters. The van der Waals surface area contributed by atoms with Gasteiger partial charge in [-0.05, 0) is 42.0 Å². The molecule has 27 heavy (non-hydrogen) atoms. The molecule has 0 aliphatic rings. The van der Waals surface area contributed by atoms with Crippen LogP contribution in [0.2, 0.25) is 5.02 Å². The smallest absolute Gasteiger partial charge is 0.270 e. The molecule has 2 aromatic heterocycles. The first kappa shape index (κ1) is 17.2. The number of pyridine rings is 1. The summed E-state index contributed by atoms with van der Waals surface area (Å²) < 4.78 is 2.11. The maximum Gasteiger partial charge on any atom is 0.270 e. The maximum atomic E-state index is 12.3. The molecule has 4 rings (SSSR count). The van der Waals surface area contributed by atoms with Crippen LogP contribution in [0.4, 0.5) is 0 Å². The fraction of sp³-hybridized carbons (Fsp3) is 0.0952. The minimum atomic E-state index is -0.222. The molecule has 0 spiro atoms. The number of amides is 1. The molecule has 5 nitrogen and oxygen atoms in total. The van der Waals surface area contributed by atoms with E-state index in [1.807, 2.05) is 48.5 Å². The van der Waals surface area contributed by atoms with Crippen molar-refractivity contribution in [1.29, 1.82) is 0 Å². The van der Waals surface area contributed by atoms with Crippen molar-refractivity contribution in [1.82, 2.24) is 19.9 Å². The van der Waals surface area contributed by atoms with E-state index in [1.165, 1.54) is 0 Å². The zero-order valence-corrected chi connectivity index (χ0v) is 15.2. The summed E-state index contributed by atoms with van der Waals surface area (Å²) in [6.45, 7) is 0.962. The minimum Gasteiger partial charge on any atom is -0.343 e. The Balaban J connectivity index is 1.61. The van der Waals surface area contributed by atoms with Gasteiger partial charge in [0.1, 0.15) is 11.5 Å². The zero-order chi connectivity index (χ0) is 18.6. The molecular formula is C21H17ClN4O. The summed E-state index contributed by atoms with van der Waals surface area (Å²) in [6.07, 6.45) is 1.60. The fourth-order valence-electron chi connectivity index (χ4n) is 2.96. The minimum absolute atomic E-state index is 0.222. The Morgan fingerprint density at radius 2 is 1.78 bits per heavy atom. The number of halogens is 1. The third-order valence-electron chi connectivity index (χ3n) is 4.29. The highest BCUT2D eigenvalue weighted by molar-refractivity contribution is 6.30. The van der Waals surface area contributed by atoms with Gasteiger partial charge in [0.05, 0.1) is 17.6 Å². The Labute approximate surface area is 161 Å². The molecule has 0 aliphatic heterocycles. The van der Waals surface area contributed by atoms with Crippen molar-refractivity contribution >= 4 is 28.5 Å². The number of nitrogens with zero attached hydrogens (tertiary/aromatic N) is 3. The van der Waals surface area contributed by atoms with Gasteiger partial charge in [-0.3, -0.25) is 9.78 Å². The maximum absolute atomic E-state index is 12.3. The molecule has 134 valence electrons. The lowest BCUT2D eigenvalue weighted by Crippen LogP contribution is -2.25. The van der Waals surface area contributed by atoms with E-state index < -0.39 is 0 Å². The molecule has 2 heterocycles.